The van der Waals surface area contributed by atoms with E-state index < -0.39 is 0 Å². The Bertz CT molecular complexity index is 162. The zero-order valence-corrected chi connectivity index (χ0v) is 6.83. The Morgan fingerprint density at radius 1 is 1.73 bits per heavy atom. The van der Waals surface area contributed by atoms with E-state index in [1.54, 1.807) is 0 Å². The Kier molecular flexibility index (Phi) is 4.91. The highest BCUT2D eigenvalue weighted by atomic mass is 16.5. The minimum atomic E-state index is -0.279. The Labute approximate surface area is 66.4 Å². The third-order valence-electron chi connectivity index (χ3n) is 1.34. The number of methoxy groups -OCH3 is 1. The number of carbonyl (C=O) groups excluding carboxylic acids is 1. The van der Waals surface area contributed by atoms with Crippen molar-refractivity contribution in [3.63, 3.8) is 0 Å². The molecule has 0 spiro atoms. The monoisotopic (exact) mass is 156 g/mol. The lowest BCUT2D eigenvalue weighted by Gasteiger charge is -2.10. The highest BCUT2D eigenvalue weighted by Gasteiger charge is 2.03. The van der Waals surface area contributed by atoms with Crippen molar-refractivity contribution in [2.45, 2.75) is 13.3 Å². The van der Waals surface area contributed by atoms with Gasteiger partial charge < -0.3 is 9.64 Å². The van der Waals surface area contributed by atoms with Gasteiger partial charge in [-0.3, -0.25) is 4.79 Å². The molecule has 4 nitrogen and oxygen atoms in total. The smallest absolute Gasteiger partial charge is 0.307 e. The lowest BCUT2D eigenvalue weighted by Crippen LogP contribution is -2.21. The highest BCUT2D eigenvalue weighted by molar-refractivity contribution is 5.69. The predicted molar refractivity (Wildman–Crippen MR) is 39.5 cm³/mol. The van der Waals surface area contributed by atoms with Crippen LogP contribution in [-0.4, -0.2) is 31.1 Å². The van der Waals surface area contributed by atoms with Crippen molar-refractivity contribution < 1.29 is 9.53 Å². The normalized spacial score (nSPS) is 8.45. The van der Waals surface area contributed by atoms with Crippen molar-refractivity contribution >= 4 is 5.97 Å². The van der Waals surface area contributed by atoms with E-state index in [9.17, 15) is 4.79 Å². The van der Waals surface area contributed by atoms with Gasteiger partial charge >= 0.3 is 5.97 Å². The fourth-order valence-corrected chi connectivity index (χ4v) is 0.607. The van der Waals surface area contributed by atoms with Crippen LogP contribution in [0.3, 0.4) is 0 Å². The Morgan fingerprint density at radius 2 is 2.36 bits per heavy atom. The molecule has 0 saturated carbocycles. The molecule has 0 rings (SSSR count). The first-order valence-electron chi connectivity index (χ1n) is 3.46. The maximum atomic E-state index is 10.6. The van der Waals surface area contributed by atoms with E-state index >= 15 is 0 Å². The average Bonchev–Trinajstić information content (AvgIpc) is 2.06. The topological polar surface area (TPSA) is 53.3 Å². The molecule has 0 bridgehead atoms. The van der Waals surface area contributed by atoms with Gasteiger partial charge in [-0.05, 0) is 6.92 Å². The van der Waals surface area contributed by atoms with Gasteiger partial charge in [0.15, 0.2) is 6.19 Å². The van der Waals surface area contributed by atoms with Crippen molar-refractivity contribution in [1.29, 1.82) is 5.26 Å². The van der Waals surface area contributed by atoms with Crippen LogP contribution in [0.25, 0.3) is 0 Å². The van der Waals surface area contributed by atoms with Crippen molar-refractivity contribution in [3.05, 3.63) is 0 Å². The maximum absolute atomic E-state index is 10.6. The summed E-state index contributed by atoms with van der Waals surface area (Å²) in [6.07, 6.45) is 2.23. The lowest BCUT2D eigenvalue weighted by molar-refractivity contribution is -0.140. The number of nitriles is 1. The summed E-state index contributed by atoms with van der Waals surface area (Å²) in [6, 6.07) is 0. The largest absolute Gasteiger partial charge is 0.469 e. The van der Waals surface area contributed by atoms with Gasteiger partial charge in [-0.25, -0.2) is 0 Å². The molecule has 0 atom stereocenters. The fraction of sp³-hybridized carbons (Fsp3) is 0.714. The van der Waals surface area contributed by atoms with Crippen molar-refractivity contribution in [2.24, 2.45) is 0 Å². The molecule has 4 heteroatoms. The molecule has 0 unspecified atom stereocenters. The number of nitrogens with zero attached hydrogens (tertiary/aromatic N) is 2. The van der Waals surface area contributed by atoms with E-state index in [0.29, 0.717) is 13.1 Å². The van der Waals surface area contributed by atoms with Crippen LogP contribution in [-0.2, 0) is 9.53 Å². The number of rotatable bonds is 4. The summed E-state index contributed by atoms with van der Waals surface area (Å²) < 4.78 is 4.41. The summed E-state index contributed by atoms with van der Waals surface area (Å²) in [6.45, 7) is 2.94. The van der Waals surface area contributed by atoms with Gasteiger partial charge in [0.2, 0.25) is 0 Å². The van der Waals surface area contributed by atoms with Crippen molar-refractivity contribution in [3.8, 4) is 6.19 Å². The average molecular weight is 156 g/mol. The molecule has 0 amide bonds. The molecule has 0 N–H and O–H groups in total. The second-order valence-electron chi connectivity index (χ2n) is 2.01. The molecular weight excluding hydrogens is 144 g/mol. The lowest BCUT2D eigenvalue weighted by atomic mass is 10.4. The van der Waals surface area contributed by atoms with Gasteiger partial charge in [0, 0.05) is 13.1 Å². The summed E-state index contributed by atoms with van der Waals surface area (Å²) in [5, 5.41) is 8.44. The van der Waals surface area contributed by atoms with Gasteiger partial charge in [-0.1, -0.05) is 0 Å². The summed E-state index contributed by atoms with van der Waals surface area (Å²) in [7, 11) is 1.34. The molecule has 11 heavy (non-hydrogen) atoms. The van der Waals surface area contributed by atoms with Crippen LogP contribution in [0.4, 0.5) is 0 Å². The minimum absolute atomic E-state index is 0.276. The van der Waals surface area contributed by atoms with Gasteiger partial charge in [-0.2, -0.15) is 5.26 Å². The molecule has 0 aliphatic carbocycles. The molecule has 0 aliphatic heterocycles. The first kappa shape index (κ1) is 9.76. The van der Waals surface area contributed by atoms with Crippen LogP contribution in [0.5, 0.6) is 0 Å². The fourth-order valence-electron chi connectivity index (χ4n) is 0.607. The number of esters is 1. The third-order valence-corrected chi connectivity index (χ3v) is 1.34. The molecule has 0 saturated heterocycles. The van der Waals surface area contributed by atoms with Crippen LogP contribution in [0, 0.1) is 11.5 Å². The van der Waals surface area contributed by atoms with Gasteiger partial charge in [0.25, 0.3) is 0 Å². The molecule has 0 radical (unpaired) electrons. The summed E-state index contributed by atoms with van der Waals surface area (Å²) >= 11 is 0. The Morgan fingerprint density at radius 3 is 2.73 bits per heavy atom. The van der Waals surface area contributed by atoms with Crippen LogP contribution < -0.4 is 0 Å². The summed E-state index contributed by atoms with van der Waals surface area (Å²) in [5.41, 5.74) is 0. The molecule has 62 valence electrons. The molecule has 0 aromatic heterocycles. The number of hydrogen-bond acceptors (Lipinski definition) is 4. The van der Waals surface area contributed by atoms with E-state index in [4.69, 9.17) is 5.26 Å². The second kappa shape index (κ2) is 5.54. The van der Waals surface area contributed by atoms with Gasteiger partial charge in [-0.15, -0.1) is 0 Å². The van der Waals surface area contributed by atoms with E-state index in [1.807, 2.05) is 13.1 Å². The molecule has 0 aromatic rings. The number of hydrogen-bond donors (Lipinski definition) is 0. The minimum Gasteiger partial charge on any atom is -0.469 e. The Hall–Kier alpha value is -1.24. The van der Waals surface area contributed by atoms with E-state index in [0.717, 1.165) is 0 Å². The third kappa shape index (κ3) is 4.20. The van der Waals surface area contributed by atoms with E-state index in [2.05, 4.69) is 4.74 Å². The first-order valence-corrected chi connectivity index (χ1v) is 3.46. The van der Waals surface area contributed by atoms with Crippen molar-refractivity contribution in [2.75, 3.05) is 20.2 Å². The van der Waals surface area contributed by atoms with Gasteiger partial charge in [0.1, 0.15) is 0 Å². The van der Waals surface area contributed by atoms with E-state index in [1.165, 1.54) is 12.0 Å². The standard InChI is InChI=1S/C7H12N2O2/c1-3-9(6-8)5-4-7(10)11-2/h3-5H2,1-2H3. The van der Waals surface area contributed by atoms with E-state index in [-0.39, 0.29) is 12.4 Å². The zero-order chi connectivity index (χ0) is 8.69. The summed E-state index contributed by atoms with van der Waals surface area (Å²) in [5.74, 6) is -0.279. The zero-order valence-electron chi connectivity index (χ0n) is 6.83. The highest BCUT2D eigenvalue weighted by Crippen LogP contribution is 1.90. The maximum Gasteiger partial charge on any atom is 0.307 e. The van der Waals surface area contributed by atoms with Crippen LogP contribution in [0.15, 0.2) is 0 Å². The molecule has 0 aliphatic rings. The molecular formula is C7H12N2O2. The second-order valence-corrected chi connectivity index (χ2v) is 2.01. The summed E-state index contributed by atoms with van der Waals surface area (Å²) in [4.78, 5) is 12.1. The quantitative estimate of drug-likeness (QED) is 0.335. The number of carbonyl (C=O) groups is 1. The molecule has 0 fully saturated rings. The van der Waals surface area contributed by atoms with Gasteiger partial charge in [0.05, 0.1) is 13.5 Å². The Balaban J connectivity index is 3.52. The molecule has 0 aromatic carbocycles. The SMILES string of the molecule is CCN(C#N)CCC(=O)OC. The first-order chi connectivity index (χ1) is 5.24. The van der Waals surface area contributed by atoms with Crippen LogP contribution >= 0.6 is 0 Å². The molecule has 0 heterocycles. The van der Waals surface area contributed by atoms with Crippen molar-refractivity contribution in [1.82, 2.24) is 4.90 Å². The predicted octanol–water partition coefficient (Wildman–Crippen LogP) is 0.352. The van der Waals surface area contributed by atoms with Crippen LogP contribution in [0.1, 0.15) is 13.3 Å². The van der Waals surface area contributed by atoms with Crippen LogP contribution in [0.2, 0.25) is 0 Å². The number of ether oxygens (including phenoxy) is 1.